The quantitative estimate of drug-likeness (QED) is 0.928. The summed E-state index contributed by atoms with van der Waals surface area (Å²) < 4.78 is 2.64. The Morgan fingerprint density at radius 1 is 1.38 bits per heavy atom. The minimum Gasteiger partial charge on any atom is -0.328 e. The van der Waals surface area contributed by atoms with E-state index in [4.69, 9.17) is 4.98 Å². The third-order valence-electron chi connectivity index (χ3n) is 5.13. The number of hydrogen-bond donors (Lipinski definition) is 1. The molecular weight excluding hydrogens is 260 g/mol. The summed E-state index contributed by atoms with van der Waals surface area (Å²) >= 11 is 0. The predicted octanol–water partition coefficient (Wildman–Crippen LogP) is 2.38. The van der Waals surface area contributed by atoms with Gasteiger partial charge in [-0.2, -0.15) is 0 Å². The van der Waals surface area contributed by atoms with Crippen LogP contribution < -0.4 is 5.32 Å². The number of nitrogens with zero attached hydrogens (tertiary/aromatic N) is 3. The van der Waals surface area contributed by atoms with Crippen molar-refractivity contribution in [2.45, 2.75) is 65.1 Å². The Kier molecular flexibility index (Phi) is 4.36. The van der Waals surface area contributed by atoms with Crippen molar-refractivity contribution in [1.29, 1.82) is 0 Å². The molecule has 0 saturated carbocycles. The van der Waals surface area contributed by atoms with Crippen LogP contribution in [0.3, 0.4) is 0 Å². The second-order valence-electron chi connectivity index (χ2n) is 7.32. The van der Waals surface area contributed by atoms with Crippen molar-refractivity contribution in [2.24, 2.45) is 5.92 Å². The molecule has 3 heterocycles. The van der Waals surface area contributed by atoms with Crippen molar-refractivity contribution >= 4 is 0 Å². The van der Waals surface area contributed by atoms with Gasteiger partial charge in [-0.25, -0.2) is 4.98 Å². The van der Waals surface area contributed by atoms with Gasteiger partial charge in [-0.15, -0.1) is 0 Å². The van der Waals surface area contributed by atoms with Crippen molar-refractivity contribution in [2.75, 3.05) is 20.1 Å². The van der Waals surface area contributed by atoms with Crippen LogP contribution in [0.2, 0.25) is 0 Å². The van der Waals surface area contributed by atoms with Crippen LogP contribution in [-0.2, 0) is 19.4 Å². The first-order valence-electron chi connectivity index (χ1n) is 8.56. The van der Waals surface area contributed by atoms with Gasteiger partial charge in [-0.05, 0) is 32.7 Å². The summed E-state index contributed by atoms with van der Waals surface area (Å²) in [4.78, 5) is 7.49. The van der Waals surface area contributed by atoms with Crippen LogP contribution in [0, 0.1) is 5.92 Å². The maximum Gasteiger partial charge on any atom is 0.109 e. The zero-order valence-corrected chi connectivity index (χ0v) is 14.0. The Labute approximate surface area is 128 Å². The summed E-state index contributed by atoms with van der Waals surface area (Å²) in [5.41, 5.74) is 2.83. The lowest BCUT2D eigenvalue weighted by Crippen LogP contribution is -2.39. The maximum atomic E-state index is 5.00. The average Bonchev–Trinajstić information content (AvgIpc) is 2.79. The van der Waals surface area contributed by atoms with E-state index >= 15 is 0 Å². The lowest BCUT2D eigenvalue weighted by atomic mass is 9.97. The van der Waals surface area contributed by atoms with Crippen LogP contribution in [0.4, 0.5) is 0 Å². The number of piperidine rings is 1. The molecule has 0 spiro atoms. The van der Waals surface area contributed by atoms with Crippen LogP contribution in [0.25, 0.3) is 0 Å². The number of hydrogen-bond acceptors (Lipinski definition) is 3. The molecule has 0 amide bonds. The molecule has 2 aliphatic heterocycles. The van der Waals surface area contributed by atoms with Crippen LogP contribution in [-0.4, -0.2) is 40.6 Å². The molecule has 1 saturated heterocycles. The first kappa shape index (κ1) is 15.0. The fraction of sp³-hybridized carbons (Fsp3) is 0.824. The summed E-state index contributed by atoms with van der Waals surface area (Å²) in [5.74, 6) is 2.00. The van der Waals surface area contributed by atoms with Gasteiger partial charge in [0, 0.05) is 50.3 Å². The molecule has 2 atom stereocenters. The molecule has 2 unspecified atom stereocenters. The summed E-state index contributed by atoms with van der Waals surface area (Å²) in [5, 5.41) is 3.47. The third kappa shape index (κ3) is 3.02. The SMILES string of the molecule is CC(C)Cc1nc2c(n1C1CCN(C)C(C)C1)CCNC2. The summed E-state index contributed by atoms with van der Waals surface area (Å²) in [6.07, 6.45) is 4.77. The molecule has 0 bridgehead atoms. The van der Waals surface area contributed by atoms with Gasteiger partial charge in [0.2, 0.25) is 0 Å². The normalized spacial score (nSPS) is 27.1. The molecule has 3 rings (SSSR count). The van der Waals surface area contributed by atoms with Crippen LogP contribution in [0.1, 0.15) is 56.9 Å². The van der Waals surface area contributed by atoms with Crippen molar-refractivity contribution in [3.8, 4) is 0 Å². The fourth-order valence-corrected chi connectivity index (χ4v) is 3.83. The lowest BCUT2D eigenvalue weighted by Gasteiger charge is -2.37. The summed E-state index contributed by atoms with van der Waals surface area (Å²) in [7, 11) is 2.25. The minimum atomic E-state index is 0.652. The van der Waals surface area contributed by atoms with Gasteiger partial charge >= 0.3 is 0 Å². The Bertz CT molecular complexity index is 491. The van der Waals surface area contributed by atoms with E-state index in [9.17, 15) is 0 Å². The molecule has 4 nitrogen and oxygen atoms in total. The zero-order valence-electron chi connectivity index (χ0n) is 14.0. The molecule has 2 aliphatic rings. The number of likely N-dealkylation sites (tertiary alicyclic amines) is 1. The zero-order chi connectivity index (χ0) is 15.0. The third-order valence-corrected chi connectivity index (χ3v) is 5.13. The number of fused-ring (bicyclic) bond motifs is 1. The highest BCUT2D eigenvalue weighted by Crippen LogP contribution is 2.31. The smallest absolute Gasteiger partial charge is 0.109 e. The standard InChI is InChI=1S/C17H30N4/c1-12(2)9-17-19-15-11-18-7-5-16(15)21(17)14-6-8-20(4)13(3)10-14/h12-14,18H,5-11H2,1-4H3. The summed E-state index contributed by atoms with van der Waals surface area (Å²) in [6, 6.07) is 1.33. The lowest BCUT2D eigenvalue weighted by molar-refractivity contribution is 0.153. The minimum absolute atomic E-state index is 0.652. The van der Waals surface area contributed by atoms with E-state index < -0.39 is 0 Å². The van der Waals surface area contributed by atoms with Crippen molar-refractivity contribution < 1.29 is 0 Å². The average molecular weight is 290 g/mol. The monoisotopic (exact) mass is 290 g/mol. The highest BCUT2D eigenvalue weighted by molar-refractivity contribution is 5.22. The van der Waals surface area contributed by atoms with Gasteiger partial charge in [0.15, 0.2) is 0 Å². The number of nitrogens with one attached hydrogen (secondary N) is 1. The Balaban J connectivity index is 1.93. The van der Waals surface area contributed by atoms with Gasteiger partial charge in [-0.1, -0.05) is 13.8 Å². The van der Waals surface area contributed by atoms with E-state index in [0.717, 1.165) is 25.9 Å². The fourth-order valence-electron chi connectivity index (χ4n) is 3.83. The van der Waals surface area contributed by atoms with E-state index in [0.29, 0.717) is 18.0 Å². The summed E-state index contributed by atoms with van der Waals surface area (Å²) in [6.45, 7) is 10.2. The molecule has 118 valence electrons. The van der Waals surface area contributed by atoms with Crippen LogP contribution in [0.5, 0.6) is 0 Å². The van der Waals surface area contributed by atoms with E-state index in [-0.39, 0.29) is 0 Å². The molecular formula is C17H30N4. The first-order valence-corrected chi connectivity index (χ1v) is 8.56. The largest absolute Gasteiger partial charge is 0.328 e. The van der Waals surface area contributed by atoms with E-state index in [2.05, 4.69) is 42.6 Å². The highest BCUT2D eigenvalue weighted by Gasteiger charge is 2.29. The van der Waals surface area contributed by atoms with E-state index in [1.54, 1.807) is 0 Å². The molecule has 1 aromatic heterocycles. The Morgan fingerprint density at radius 3 is 2.90 bits per heavy atom. The van der Waals surface area contributed by atoms with Gasteiger partial charge < -0.3 is 14.8 Å². The topological polar surface area (TPSA) is 33.1 Å². The Morgan fingerprint density at radius 2 is 2.19 bits per heavy atom. The second-order valence-corrected chi connectivity index (χ2v) is 7.32. The van der Waals surface area contributed by atoms with Crippen LogP contribution >= 0.6 is 0 Å². The molecule has 0 aliphatic carbocycles. The van der Waals surface area contributed by atoms with Gasteiger partial charge in [0.05, 0.1) is 5.69 Å². The van der Waals surface area contributed by atoms with Crippen molar-refractivity contribution in [1.82, 2.24) is 19.8 Å². The highest BCUT2D eigenvalue weighted by atomic mass is 15.2. The van der Waals surface area contributed by atoms with Crippen LogP contribution in [0.15, 0.2) is 0 Å². The number of imidazole rings is 1. The molecule has 4 heteroatoms. The van der Waals surface area contributed by atoms with E-state index in [1.165, 1.54) is 36.6 Å². The molecule has 21 heavy (non-hydrogen) atoms. The molecule has 0 aromatic carbocycles. The predicted molar refractivity (Wildman–Crippen MR) is 86.5 cm³/mol. The molecule has 1 aromatic rings. The number of aromatic nitrogens is 2. The van der Waals surface area contributed by atoms with Crippen molar-refractivity contribution in [3.05, 3.63) is 17.2 Å². The van der Waals surface area contributed by atoms with Gasteiger partial charge in [-0.3, -0.25) is 0 Å². The number of rotatable bonds is 3. The maximum absolute atomic E-state index is 5.00. The molecule has 1 fully saturated rings. The van der Waals surface area contributed by atoms with Crippen molar-refractivity contribution in [3.63, 3.8) is 0 Å². The Hall–Kier alpha value is -0.870. The molecule has 1 N–H and O–H groups in total. The van der Waals surface area contributed by atoms with Gasteiger partial charge in [0.1, 0.15) is 5.82 Å². The van der Waals surface area contributed by atoms with E-state index in [1.807, 2.05) is 0 Å². The molecule has 0 radical (unpaired) electrons. The first-order chi connectivity index (χ1) is 10.1. The van der Waals surface area contributed by atoms with Gasteiger partial charge in [0.25, 0.3) is 0 Å². The second kappa shape index (κ2) is 6.09.